The van der Waals surface area contributed by atoms with E-state index in [1.54, 1.807) is 0 Å². The van der Waals surface area contributed by atoms with Crippen molar-refractivity contribution in [1.82, 2.24) is 10.2 Å². The fraction of sp³-hybridized carbons (Fsp3) is 0.294. The summed E-state index contributed by atoms with van der Waals surface area (Å²) < 4.78 is 0. The summed E-state index contributed by atoms with van der Waals surface area (Å²) >= 11 is 0. The molecule has 3 aliphatic heterocycles. The van der Waals surface area contributed by atoms with Gasteiger partial charge >= 0.3 is 5.97 Å². The van der Waals surface area contributed by atoms with Gasteiger partial charge in [0, 0.05) is 6.54 Å². The van der Waals surface area contributed by atoms with Crippen LogP contribution in [0.2, 0.25) is 0 Å². The number of rotatable bonds is 3. The minimum atomic E-state index is -1.02. The molecule has 2 N–H and O–H groups in total. The molecule has 112 valence electrons. The first kappa shape index (κ1) is 13.3. The standard InChI is InChI=1S/C17H16N2O3/c20-16-13-14-12(9-18-13)8-11(15(17(21)22)19(14)16)7-6-10-4-2-1-3-5-10/h1-7,12-14,18H,8-9H2,(H,21,22)/b7-6+/t12?,13?,14-/m1/s1. The van der Waals surface area contributed by atoms with Gasteiger partial charge in [-0.1, -0.05) is 42.5 Å². The van der Waals surface area contributed by atoms with Crippen LogP contribution in [0.3, 0.4) is 0 Å². The Labute approximate surface area is 127 Å². The smallest absolute Gasteiger partial charge is 0.352 e. The van der Waals surface area contributed by atoms with E-state index in [2.05, 4.69) is 5.32 Å². The molecule has 0 aliphatic carbocycles. The number of allylic oxidation sites excluding steroid dienone is 2. The molecule has 2 saturated heterocycles. The molecule has 3 heterocycles. The van der Waals surface area contributed by atoms with Gasteiger partial charge in [-0.15, -0.1) is 0 Å². The summed E-state index contributed by atoms with van der Waals surface area (Å²) in [5, 5.41) is 12.7. The molecule has 1 aromatic carbocycles. The van der Waals surface area contributed by atoms with E-state index in [0.717, 1.165) is 17.7 Å². The maximum Gasteiger partial charge on any atom is 0.352 e. The van der Waals surface area contributed by atoms with Gasteiger partial charge in [0.2, 0.25) is 5.91 Å². The topological polar surface area (TPSA) is 69.6 Å². The lowest BCUT2D eigenvalue weighted by atomic mass is 9.79. The Morgan fingerprint density at radius 1 is 1.27 bits per heavy atom. The minimum absolute atomic E-state index is 0.0208. The van der Waals surface area contributed by atoms with Gasteiger partial charge in [-0.25, -0.2) is 4.79 Å². The zero-order valence-corrected chi connectivity index (χ0v) is 11.9. The number of hydrogen-bond acceptors (Lipinski definition) is 3. The Hall–Kier alpha value is -2.40. The Morgan fingerprint density at radius 2 is 2.05 bits per heavy atom. The molecule has 5 nitrogen and oxygen atoms in total. The van der Waals surface area contributed by atoms with E-state index in [1.165, 1.54) is 4.90 Å². The fourth-order valence-electron chi connectivity index (χ4n) is 3.73. The van der Waals surface area contributed by atoms with Crippen LogP contribution in [0.5, 0.6) is 0 Å². The van der Waals surface area contributed by atoms with E-state index in [4.69, 9.17) is 0 Å². The molecular formula is C17H16N2O3. The molecule has 0 bridgehead atoms. The molecule has 22 heavy (non-hydrogen) atoms. The normalized spacial score (nSPS) is 29.7. The Bertz CT molecular complexity index is 708. The third-order valence-electron chi connectivity index (χ3n) is 4.73. The molecule has 0 spiro atoms. The van der Waals surface area contributed by atoms with Crippen molar-refractivity contribution >= 4 is 18.0 Å². The van der Waals surface area contributed by atoms with E-state index in [-0.39, 0.29) is 23.7 Å². The van der Waals surface area contributed by atoms with E-state index >= 15 is 0 Å². The second kappa shape index (κ2) is 4.81. The molecule has 1 aromatic rings. The number of carbonyl (C=O) groups is 2. The molecule has 3 aliphatic rings. The number of nitrogens with one attached hydrogen (secondary N) is 1. The first-order chi connectivity index (χ1) is 10.7. The number of nitrogens with zero attached hydrogens (tertiary/aromatic N) is 1. The number of benzene rings is 1. The predicted octanol–water partition coefficient (Wildman–Crippen LogP) is 1.24. The highest BCUT2D eigenvalue weighted by Crippen LogP contribution is 2.43. The monoisotopic (exact) mass is 296 g/mol. The van der Waals surface area contributed by atoms with Crippen LogP contribution in [0, 0.1) is 5.92 Å². The molecular weight excluding hydrogens is 280 g/mol. The molecule has 5 heteroatoms. The lowest BCUT2D eigenvalue weighted by molar-refractivity contribution is -0.153. The number of hydrogen-bond donors (Lipinski definition) is 2. The van der Waals surface area contributed by atoms with Gasteiger partial charge in [0.1, 0.15) is 11.7 Å². The average Bonchev–Trinajstić information content (AvgIpc) is 2.93. The molecule has 0 aromatic heterocycles. The van der Waals surface area contributed by atoms with Crippen molar-refractivity contribution in [2.75, 3.05) is 6.54 Å². The van der Waals surface area contributed by atoms with Crippen molar-refractivity contribution in [3.63, 3.8) is 0 Å². The maximum absolute atomic E-state index is 12.1. The quantitative estimate of drug-likeness (QED) is 0.823. The van der Waals surface area contributed by atoms with Crippen LogP contribution < -0.4 is 5.32 Å². The van der Waals surface area contributed by atoms with Gasteiger partial charge in [-0.05, 0) is 23.5 Å². The predicted molar refractivity (Wildman–Crippen MR) is 80.7 cm³/mol. The van der Waals surface area contributed by atoms with E-state index in [9.17, 15) is 14.7 Å². The van der Waals surface area contributed by atoms with Crippen LogP contribution in [0.1, 0.15) is 12.0 Å². The highest BCUT2D eigenvalue weighted by molar-refractivity contribution is 6.01. The minimum Gasteiger partial charge on any atom is -0.477 e. The molecule has 2 unspecified atom stereocenters. The number of aliphatic carboxylic acids is 1. The number of amides is 1. The Balaban J connectivity index is 1.72. The van der Waals surface area contributed by atoms with Crippen LogP contribution in [0.4, 0.5) is 0 Å². The van der Waals surface area contributed by atoms with Crippen LogP contribution in [0.25, 0.3) is 6.08 Å². The summed E-state index contributed by atoms with van der Waals surface area (Å²) in [7, 11) is 0. The molecule has 2 fully saturated rings. The summed E-state index contributed by atoms with van der Waals surface area (Å²) in [6.45, 7) is 0.771. The number of carboxylic acids is 1. The van der Waals surface area contributed by atoms with E-state index in [1.807, 2.05) is 42.5 Å². The van der Waals surface area contributed by atoms with Crippen molar-refractivity contribution in [2.24, 2.45) is 5.92 Å². The Kier molecular flexibility index (Phi) is 2.90. The number of carbonyl (C=O) groups excluding carboxylic acids is 1. The van der Waals surface area contributed by atoms with Crippen molar-refractivity contribution in [3.05, 3.63) is 53.2 Å². The van der Waals surface area contributed by atoms with Gasteiger partial charge in [-0.2, -0.15) is 0 Å². The van der Waals surface area contributed by atoms with Gasteiger partial charge < -0.3 is 10.4 Å². The molecule has 0 saturated carbocycles. The highest BCUT2D eigenvalue weighted by Gasteiger charge is 2.59. The van der Waals surface area contributed by atoms with Crippen molar-refractivity contribution in [1.29, 1.82) is 0 Å². The van der Waals surface area contributed by atoms with Crippen molar-refractivity contribution in [3.8, 4) is 0 Å². The first-order valence-electron chi connectivity index (χ1n) is 7.43. The lowest BCUT2D eigenvalue weighted by Crippen LogP contribution is -2.68. The van der Waals surface area contributed by atoms with Crippen LogP contribution >= 0.6 is 0 Å². The third-order valence-corrected chi connectivity index (χ3v) is 4.73. The molecule has 4 rings (SSSR count). The summed E-state index contributed by atoms with van der Waals surface area (Å²) in [4.78, 5) is 25.2. The Morgan fingerprint density at radius 3 is 2.77 bits per heavy atom. The van der Waals surface area contributed by atoms with Crippen molar-refractivity contribution in [2.45, 2.75) is 18.5 Å². The van der Waals surface area contributed by atoms with Crippen LogP contribution in [-0.4, -0.2) is 40.5 Å². The fourth-order valence-corrected chi connectivity index (χ4v) is 3.73. The van der Waals surface area contributed by atoms with Crippen LogP contribution in [0.15, 0.2) is 47.7 Å². The zero-order valence-electron chi connectivity index (χ0n) is 11.9. The highest BCUT2D eigenvalue weighted by atomic mass is 16.4. The number of carboxylic acid groups (broad SMARTS) is 1. The zero-order chi connectivity index (χ0) is 15.3. The van der Waals surface area contributed by atoms with Gasteiger partial charge in [0.25, 0.3) is 0 Å². The number of β-lactam (4-membered cyclic amide) rings is 1. The second-order valence-electron chi connectivity index (χ2n) is 5.97. The summed E-state index contributed by atoms with van der Waals surface area (Å²) in [6.07, 6.45) is 4.44. The van der Waals surface area contributed by atoms with Crippen LogP contribution in [-0.2, 0) is 9.59 Å². The molecule has 1 amide bonds. The molecule has 0 radical (unpaired) electrons. The van der Waals surface area contributed by atoms with Crippen molar-refractivity contribution < 1.29 is 14.7 Å². The summed E-state index contributed by atoms with van der Waals surface area (Å²) in [5.74, 6) is -0.832. The van der Waals surface area contributed by atoms with Gasteiger partial charge in [-0.3, -0.25) is 9.69 Å². The largest absolute Gasteiger partial charge is 0.477 e. The van der Waals surface area contributed by atoms with E-state index in [0.29, 0.717) is 12.3 Å². The summed E-state index contributed by atoms with van der Waals surface area (Å²) in [6, 6.07) is 9.58. The first-order valence-corrected chi connectivity index (χ1v) is 7.43. The SMILES string of the molecule is O=C(O)C1=C(/C=C/c2ccccc2)CC2CNC3C(=O)N1[C@H]23. The lowest BCUT2D eigenvalue weighted by Gasteiger charge is -2.48. The molecule has 3 atom stereocenters. The second-order valence-corrected chi connectivity index (χ2v) is 5.97. The third kappa shape index (κ3) is 1.82. The maximum atomic E-state index is 12.1. The van der Waals surface area contributed by atoms with E-state index < -0.39 is 5.97 Å². The summed E-state index contributed by atoms with van der Waals surface area (Å²) in [5.41, 5.74) is 1.89. The van der Waals surface area contributed by atoms with Gasteiger partial charge in [0.05, 0.1) is 6.04 Å². The average molecular weight is 296 g/mol. The van der Waals surface area contributed by atoms with Gasteiger partial charge in [0.15, 0.2) is 0 Å².